The molecule has 1 saturated heterocycles. The van der Waals surface area contributed by atoms with Gasteiger partial charge in [-0.25, -0.2) is 0 Å². The van der Waals surface area contributed by atoms with E-state index in [4.69, 9.17) is 16.3 Å². The Morgan fingerprint density at radius 1 is 1.22 bits per heavy atom. The Morgan fingerprint density at radius 2 is 1.96 bits per heavy atom. The molecule has 1 fully saturated rings. The molecule has 3 rings (SSSR count). The van der Waals surface area contributed by atoms with E-state index < -0.39 is 5.92 Å². The molecule has 1 heterocycles. The van der Waals surface area contributed by atoms with Crippen molar-refractivity contribution in [3.63, 3.8) is 0 Å². The number of nitrogens with one attached hydrogen (secondary N) is 1. The van der Waals surface area contributed by atoms with Gasteiger partial charge >= 0.3 is 0 Å². The molecule has 0 aromatic heterocycles. The predicted octanol–water partition coefficient (Wildman–Crippen LogP) is 3.54. The van der Waals surface area contributed by atoms with Crippen molar-refractivity contribution in [2.45, 2.75) is 13.3 Å². The third kappa shape index (κ3) is 3.95. The first-order chi connectivity index (χ1) is 12.9. The van der Waals surface area contributed by atoms with Crippen LogP contribution in [0.4, 0.5) is 11.4 Å². The van der Waals surface area contributed by atoms with E-state index in [0.29, 0.717) is 27.7 Å². The van der Waals surface area contributed by atoms with Gasteiger partial charge in [0.15, 0.2) is 5.78 Å². The zero-order valence-corrected chi connectivity index (χ0v) is 15.7. The predicted molar refractivity (Wildman–Crippen MR) is 104 cm³/mol. The highest BCUT2D eigenvalue weighted by Crippen LogP contribution is 2.35. The van der Waals surface area contributed by atoms with E-state index in [2.05, 4.69) is 5.32 Å². The minimum atomic E-state index is -0.541. The lowest BCUT2D eigenvalue weighted by Crippen LogP contribution is -2.28. The molecule has 1 unspecified atom stereocenters. The Labute approximate surface area is 162 Å². The third-order valence-electron chi connectivity index (χ3n) is 4.49. The van der Waals surface area contributed by atoms with Crippen LogP contribution < -0.4 is 15.0 Å². The largest absolute Gasteiger partial charge is 0.495 e. The number of ether oxygens (including phenoxy) is 1. The molecule has 6 nitrogen and oxygen atoms in total. The van der Waals surface area contributed by atoms with Gasteiger partial charge in [-0.05, 0) is 37.3 Å². The molecular weight excluding hydrogens is 368 g/mol. The van der Waals surface area contributed by atoms with Gasteiger partial charge in [-0.1, -0.05) is 23.7 Å². The normalized spacial score (nSPS) is 16.3. The third-order valence-corrected chi connectivity index (χ3v) is 4.73. The van der Waals surface area contributed by atoms with E-state index >= 15 is 0 Å². The van der Waals surface area contributed by atoms with Crippen molar-refractivity contribution in [1.82, 2.24) is 0 Å². The van der Waals surface area contributed by atoms with Gasteiger partial charge in [0.05, 0.1) is 24.4 Å². The highest BCUT2D eigenvalue weighted by Gasteiger charge is 2.36. The second-order valence-electron chi connectivity index (χ2n) is 6.31. The number of nitrogens with zero attached hydrogens (tertiary/aromatic N) is 1. The Morgan fingerprint density at radius 3 is 2.67 bits per heavy atom. The number of carbonyl (C=O) groups is 3. The number of halogens is 1. The summed E-state index contributed by atoms with van der Waals surface area (Å²) in [6.45, 7) is 1.65. The van der Waals surface area contributed by atoms with Gasteiger partial charge in [-0.3, -0.25) is 14.4 Å². The Balaban J connectivity index is 1.79. The van der Waals surface area contributed by atoms with Gasteiger partial charge in [0.25, 0.3) is 0 Å². The molecule has 0 spiro atoms. The maximum absolute atomic E-state index is 12.7. The van der Waals surface area contributed by atoms with Gasteiger partial charge in [-0.2, -0.15) is 0 Å². The van der Waals surface area contributed by atoms with E-state index in [1.807, 2.05) is 0 Å². The number of rotatable bonds is 5. The zero-order valence-electron chi connectivity index (χ0n) is 15.0. The van der Waals surface area contributed by atoms with Gasteiger partial charge in [0.2, 0.25) is 11.8 Å². The van der Waals surface area contributed by atoms with Crippen LogP contribution in [0, 0.1) is 5.92 Å². The molecule has 0 saturated carbocycles. The molecule has 1 aliphatic rings. The first kappa shape index (κ1) is 18.9. The first-order valence-electron chi connectivity index (χ1n) is 8.45. The molecule has 0 aliphatic carbocycles. The van der Waals surface area contributed by atoms with Crippen molar-refractivity contribution in [2.24, 2.45) is 5.92 Å². The monoisotopic (exact) mass is 386 g/mol. The van der Waals surface area contributed by atoms with Crippen LogP contribution in [-0.4, -0.2) is 31.3 Å². The lowest BCUT2D eigenvalue weighted by Gasteiger charge is -2.20. The fraction of sp³-hybridized carbons (Fsp3) is 0.250. The number of amides is 2. The lowest BCUT2D eigenvalue weighted by molar-refractivity contribution is -0.122. The Bertz CT molecular complexity index is 913. The van der Waals surface area contributed by atoms with Gasteiger partial charge in [-0.15, -0.1) is 0 Å². The molecule has 2 aromatic rings. The zero-order chi connectivity index (χ0) is 19.6. The van der Waals surface area contributed by atoms with Crippen molar-refractivity contribution in [2.75, 3.05) is 23.9 Å². The van der Waals surface area contributed by atoms with Crippen LogP contribution in [0.15, 0.2) is 42.5 Å². The van der Waals surface area contributed by atoms with Crippen molar-refractivity contribution < 1.29 is 19.1 Å². The Hall–Kier alpha value is -2.86. The van der Waals surface area contributed by atoms with Crippen LogP contribution in [0.5, 0.6) is 5.75 Å². The molecule has 7 heteroatoms. The number of hydrogen-bond donors (Lipinski definition) is 1. The second-order valence-corrected chi connectivity index (χ2v) is 6.75. The fourth-order valence-electron chi connectivity index (χ4n) is 3.12. The summed E-state index contributed by atoms with van der Waals surface area (Å²) < 4.78 is 5.30. The second kappa shape index (κ2) is 7.80. The van der Waals surface area contributed by atoms with Crippen molar-refractivity contribution in [3.05, 3.63) is 53.1 Å². The molecule has 1 aliphatic heterocycles. The van der Waals surface area contributed by atoms with Gasteiger partial charge in [0, 0.05) is 23.6 Å². The number of Topliss-reactive ketones (excluding diaryl/α,β-unsaturated/α-hetero) is 1. The highest BCUT2D eigenvalue weighted by atomic mass is 35.5. The summed E-state index contributed by atoms with van der Waals surface area (Å²) >= 11 is 6.05. The first-order valence-corrected chi connectivity index (χ1v) is 8.83. The maximum Gasteiger partial charge on any atom is 0.229 e. The summed E-state index contributed by atoms with van der Waals surface area (Å²) in [5.41, 5.74) is 1.42. The van der Waals surface area contributed by atoms with Crippen molar-refractivity contribution in [1.29, 1.82) is 0 Å². The summed E-state index contributed by atoms with van der Waals surface area (Å²) in [4.78, 5) is 38.4. The number of benzene rings is 2. The molecule has 0 bridgehead atoms. The van der Waals surface area contributed by atoms with Crippen LogP contribution in [0.2, 0.25) is 5.02 Å². The van der Waals surface area contributed by atoms with Crippen LogP contribution in [0.25, 0.3) is 0 Å². The van der Waals surface area contributed by atoms with E-state index in [1.165, 1.54) is 18.9 Å². The maximum atomic E-state index is 12.7. The van der Waals surface area contributed by atoms with Crippen LogP contribution in [-0.2, 0) is 9.59 Å². The number of para-hydroxylation sites is 1. The summed E-state index contributed by atoms with van der Waals surface area (Å²) in [6, 6.07) is 11.8. The molecule has 2 aromatic carbocycles. The smallest absolute Gasteiger partial charge is 0.229 e. The van der Waals surface area contributed by atoms with Crippen molar-refractivity contribution in [3.8, 4) is 5.75 Å². The quantitative estimate of drug-likeness (QED) is 0.797. The average Bonchev–Trinajstić information content (AvgIpc) is 3.03. The van der Waals surface area contributed by atoms with Crippen LogP contribution in [0.3, 0.4) is 0 Å². The molecule has 2 amide bonds. The molecule has 0 radical (unpaired) electrons. The summed E-state index contributed by atoms with van der Waals surface area (Å²) in [6.07, 6.45) is 0.0732. The molecular formula is C20H19ClN2O4. The highest BCUT2D eigenvalue weighted by molar-refractivity contribution is 6.31. The standard InChI is InChI=1S/C20H19ClN2O4/c1-12(24)15-5-3-4-6-16(15)22-20(26)13-9-19(25)23(11-13)17-10-14(21)7-8-18(17)27-2/h3-8,10,13H,9,11H2,1-2H3,(H,22,26). The molecule has 1 atom stereocenters. The lowest BCUT2D eigenvalue weighted by atomic mass is 10.1. The number of methoxy groups -OCH3 is 1. The summed E-state index contributed by atoms with van der Waals surface area (Å²) in [7, 11) is 1.51. The molecule has 140 valence electrons. The van der Waals surface area contributed by atoms with E-state index in [-0.39, 0.29) is 30.6 Å². The number of hydrogen-bond acceptors (Lipinski definition) is 4. The number of carbonyl (C=O) groups excluding carboxylic acids is 3. The molecule has 27 heavy (non-hydrogen) atoms. The van der Waals surface area contributed by atoms with Gasteiger partial charge < -0.3 is 15.0 Å². The number of ketones is 1. The minimum Gasteiger partial charge on any atom is -0.495 e. The fourth-order valence-corrected chi connectivity index (χ4v) is 3.29. The van der Waals surface area contributed by atoms with Crippen molar-refractivity contribution >= 4 is 40.6 Å². The van der Waals surface area contributed by atoms with Crippen LogP contribution >= 0.6 is 11.6 Å². The number of anilines is 2. The summed E-state index contributed by atoms with van der Waals surface area (Å²) in [5.74, 6) is -0.660. The van der Waals surface area contributed by atoms with E-state index in [0.717, 1.165) is 0 Å². The topological polar surface area (TPSA) is 75.7 Å². The Kier molecular flexibility index (Phi) is 5.46. The van der Waals surface area contributed by atoms with E-state index in [9.17, 15) is 14.4 Å². The minimum absolute atomic E-state index is 0.0732. The van der Waals surface area contributed by atoms with E-state index in [1.54, 1.807) is 42.5 Å². The van der Waals surface area contributed by atoms with Gasteiger partial charge in [0.1, 0.15) is 5.75 Å². The van der Waals surface area contributed by atoms with Crippen LogP contribution in [0.1, 0.15) is 23.7 Å². The SMILES string of the molecule is COc1ccc(Cl)cc1N1CC(C(=O)Nc2ccccc2C(C)=O)CC1=O. The summed E-state index contributed by atoms with van der Waals surface area (Å²) in [5, 5.41) is 3.24. The average molecular weight is 387 g/mol. The molecule has 1 N–H and O–H groups in total.